The van der Waals surface area contributed by atoms with Crippen molar-refractivity contribution in [3.05, 3.63) is 40.7 Å². The van der Waals surface area contributed by atoms with Crippen molar-refractivity contribution in [1.82, 2.24) is 15.5 Å². The average Bonchev–Trinajstić information content (AvgIpc) is 2.78. The van der Waals surface area contributed by atoms with E-state index in [1.54, 1.807) is 18.2 Å². The van der Waals surface area contributed by atoms with Gasteiger partial charge in [-0.25, -0.2) is 4.39 Å². The van der Waals surface area contributed by atoms with Gasteiger partial charge in [0.15, 0.2) is 0 Å². The highest BCUT2D eigenvalue weighted by Crippen LogP contribution is 2.10. The van der Waals surface area contributed by atoms with Gasteiger partial charge in [-0.15, -0.1) is 10.2 Å². The molecule has 0 saturated carbocycles. The molecule has 0 bridgehead atoms. The molecule has 0 fully saturated rings. The van der Waals surface area contributed by atoms with Crippen molar-refractivity contribution in [1.29, 1.82) is 0 Å². The zero-order chi connectivity index (χ0) is 13.0. The summed E-state index contributed by atoms with van der Waals surface area (Å²) in [6.07, 6.45) is 0.423. The monoisotopic (exact) mass is 266 g/mol. The number of aromatic nitrogens is 2. The molecule has 0 aliphatic rings. The molecule has 5 nitrogen and oxygen atoms in total. The summed E-state index contributed by atoms with van der Waals surface area (Å²) in [5.74, 6) is -0.618. The van der Waals surface area contributed by atoms with E-state index in [9.17, 15) is 9.18 Å². The summed E-state index contributed by atoms with van der Waals surface area (Å²) in [7, 11) is 0. The predicted molar refractivity (Wildman–Crippen MR) is 66.8 cm³/mol. The second-order valence-corrected chi connectivity index (χ2v) is 4.55. The molecule has 7 heteroatoms. The van der Waals surface area contributed by atoms with Crippen LogP contribution in [0.3, 0.4) is 0 Å². The Labute approximate surface area is 107 Å². The molecule has 1 aromatic carbocycles. The Morgan fingerprint density at radius 1 is 1.39 bits per heavy atom. The molecule has 1 amide bonds. The molecule has 94 valence electrons. The lowest BCUT2D eigenvalue weighted by Gasteiger charge is -2.03. The third kappa shape index (κ3) is 3.01. The van der Waals surface area contributed by atoms with Crippen LogP contribution in [0.2, 0.25) is 0 Å². The molecule has 3 N–H and O–H groups in total. The lowest BCUT2D eigenvalue weighted by molar-refractivity contribution is 0.0953. The normalized spacial score (nSPS) is 10.3. The standard InChI is InChI=1S/C11H11FN4OS/c12-8-4-2-1-3-7(8)5-6-14-9(17)10-15-16-11(13)18-10/h1-4H,5-6H2,(H2,13,16)(H,14,17). The molecule has 1 heterocycles. The Bertz CT molecular complexity index is 557. The molecule has 0 unspecified atom stereocenters. The van der Waals surface area contributed by atoms with Gasteiger partial charge in [0, 0.05) is 6.54 Å². The van der Waals surface area contributed by atoms with Crippen LogP contribution in [0.15, 0.2) is 24.3 Å². The fourth-order valence-electron chi connectivity index (χ4n) is 1.41. The van der Waals surface area contributed by atoms with Crippen molar-refractivity contribution < 1.29 is 9.18 Å². The predicted octanol–water partition coefficient (Wildman–Crippen LogP) is 1.23. The van der Waals surface area contributed by atoms with Gasteiger partial charge in [-0.1, -0.05) is 29.5 Å². The highest BCUT2D eigenvalue weighted by Gasteiger charge is 2.11. The summed E-state index contributed by atoms with van der Waals surface area (Å²) in [6.45, 7) is 0.333. The highest BCUT2D eigenvalue weighted by molar-refractivity contribution is 7.16. The topological polar surface area (TPSA) is 80.9 Å². The number of halogens is 1. The van der Waals surface area contributed by atoms with Gasteiger partial charge in [0.05, 0.1) is 0 Å². The van der Waals surface area contributed by atoms with Crippen LogP contribution in [0, 0.1) is 5.82 Å². The van der Waals surface area contributed by atoms with Gasteiger partial charge in [0.25, 0.3) is 5.91 Å². The van der Waals surface area contributed by atoms with Gasteiger partial charge in [0.1, 0.15) is 5.82 Å². The summed E-state index contributed by atoms with van der Waals surface area (Å²) in [4.78, 5) is 11.6. The molecule has 2 aromatic rings. The van der Waals surface area contributed by atoms with Gasteiger partial charge in [-0.2, -0.15) is 0 Å². The average molecular weight is 266 g/mol. The Morgan fingerprint density at radius 2 is 2.17 bits per heavy atom. The maximum atomic E-state index is 13.3. The minimum atomic E-state index is -0.347. The summed E-state index contributed by atoms with van der Waals surface area (Å²) in [5, 5.41) is 10.2. The molecule has 0 aliphatic heterocycles. The number of carbonyl (C=O) groups is 1. The van der Waals surface area contributed by atoms with Crippen molar-refractivity contribution >= 4 is 22.4 Å². The van der Waals surface area contributed by atoms with Crippen LogP contribution in [-0.2, 0) is 6.42 Å². The fourth-order valence-corrected chi connectivity index (χ4v) is 1.94. The van der Waals surface area contributed by atoms with Gasteiger partial charge < -0.3 is 11.1 Å². The molecule has 0 radical (unpaired) electrons. The molecule has 0 spiro atoms. The fraction of sp³-hybridized carbons (Fsp3) is 0.182. The van der Waals surface area contributed by atoms with Crippen LogP contribution < -0.4 is 11.1 Å². The van der Waals surface area contributed by atoms with E-state index < -0.39 is 0 Å². The summed E-state index contributed by atoms with van der Waals surface area (Å²) < 4.78 is 13.3. The van der Waals surface area contributed by atoms with Gasteiger partial charge >= 0.3 is 0 Å². The van der Waals surface area contributed by atoms with Crippen LogP contribution in [0.4, 0.5) is 9.52 Å². The molecular weight excluding hydrogens is 255 g/mol. The summed E-state index contributed by atoms with van der Waals surface area (Å²) in [6, 6.07) is 6.46. The third-order valence-electron chi connectivity index (χ3n) is 2.27. The zero-order valence-corrected chi connectivity index (χ0v) is 10.2. The first-order valence-electron chi connectivity index (χ1n) is 5.27. The van der Waals surface area contributed by atoms with E-state index in [2.05, 4.69) is 15.5 Å². The van der Waals surface area contributed by atoms with Crippen LogP contribution in [0.1, 0.15) is 15.4 Å². The Hall–Kier alpha value is -2.02. The van der Waals surface area contributed by atoms with E-state index in [0.29, 0.717) is 18.5 Å². The maximum absolute atomic E-state index is 13.3. The summed E-state index contributed by atoms with van der Waals surface area (Å²) >= 11 is 1.01. The van der Waals surface area contributed by atoms with Crippen LogP contribution in [0.5, 0.6) is 0 Å². The number of hydrogen-bond acceptors (Lipinski definition) is 5. The van der Waals surface area contributed by atoms with Crippen molar-refractivity contribution in [3.63, 3.8) is 0 Å². The van der Waals surface area contributed by atoms with Crippen LogP contribution in [0.25, 0.3) is 0 Å². The number of amides is 1. The van der Waals surface area contributed by atoms with E-state index in [-0.39, 0.29) is 21.9 Å². The third-order valence-corrected chi connectivity index (χ3v) is 3.02. The first kappa shape index (κ1) is 12.4. The second-order valence-electron chi connectivity index (χ2n) is 3.54. The number of anilines is 1. The Morgan fingerprint density at radius 3 is 2.83 bits per heavy atom. The highest BCUT2D eigenvalue weighted by atomic mass is 32.1. The zero-order valence-electron chi connectivity index (χ0n) is 9.39. The van der Waals surface area contributed by atoms with Crippen molar-refractivity contribution in [2.24, 2.45) is 0 Å². The molecule has 0 aliphatic carbocycles. The van der Waals surface area contributed by atoms with E-state index in [1.165, 1.54) is 6.07 Å². The lowest BCUT2D eigenvalue weighted by atomic mass is 10.1. The van der Waals surface area contributed by atoms with E-state index in [4.69, 9.17) is 5.73 Å². The number of nitrogen functional groups attached to an aromatic ring is 1. The smallest absolute Gasteiger partial charge is 0.282 e. The first-order valence-corrected chi connectivity index (χ1v) is 6.09. The van der Waals surface area contributed by atoms with Crippen LogP contribution >= 0.6 is 11.3 Å². The largest absolute Gasteiger partial charge is 0.374 e. The van der Waals surface area contributed by atoms with Gasteiger partial charge in [-0.3, -0.25) is 4.79 Å². The Balaban J connectivity index is 1.86. The van der Waals surface area contributed by atoms with E-state index in [0.717, 1.165) is 11.3 Å². The molecule has 1 aromatic heterocycles. The number of nitrogens with one attached hydrogen (secondary N) is 1. The number of hydrogen-bond donors (Lipinski definition) is 2. The number of nitrogens with zero attached hydrogens (tertiary/aromatic N) is 2. The number of carbonyl (C=O) groups excluding carboxylic acids is 1. The van der Waals surface area contributed by atoms with Crippen molar-refractivity contribution in [3.8, 4) is 0 Å². The van der Waals surface area contributed by atoms with E-state index >= 15 is 0 Å². The maximum Gasteiger partial charge on any atom is 0.282 e. The lowest BCUT2D eigenvalue weighted by Crippen LogP contribution is -2.25. The summed E-state index contributed by atoms with van der Waals surface area (Å²) in [5.41, 5.74) is 5.94. The first-order chi connectivity index (χ1) is 8.66. The minimum absolute atomic E-state index is 0.209. The SMILES string of the molecule is Nc1nnc(C(=O)NCCc2ccccc2F)s1. The molecule has 0 atom stereocenters. The minimum Gasteiger partial charge on any atom is -0.374 e. The number of rotatable bonds is 4. The quantitative estimate of drug-likeness (QED) is 0.872. The van der Waals surface area contributed by atoms with E-state index in [1.807, 2.05) is 0 Å². The second kappa shape index (κ2) is 5.54. The van der Waals surface area contributed by atoms with Crippen molar-refractivity contribution in [2.45, 2.75) is 6.42 Å². The van der Waals surface area contributed by atoms with Crippen molar-refractivity contribution in [2.75, 3.05) is 12.3 Å². The molecular formula is C11H11FN4OS. The number of nitrogens with two attached hydrogens (primary N) is 1. The van der Waals surface area contributed by atoms with Gasteiger partial charge in [0.2, 0.25) is 10.1 Å². The number of benzene rings is 1. The van der Waals surface area contributed by atoms with Gasteiger partial charge in [-0.05, 0) is 18.1 Å². The van der Waals surface area contributed by atoms with Crippen LogP contribution in [-0.4, -0.2) is 22.6 Å². The molecule has 0 saturated heterocycles. The molecule has 18 heavy (non-hydrogen) atoms. The molecule has 2 rings (SSSR count). The Kier molecular flexibility index (Phi) is 3.83.